The van der Waals surface area contributed by atoms with E-state index in [1.54, 1.807) is 0 Å². The Labute approximate surface area is 113 Å². The number of aryl methyl sites for hydroxylation is 2. The maximum absolute atomic E-state index is 5.57. The van der Waals surface area contributed by atoms with Crippen molar-refractivity contribution in [2.75, 3.05) is 0 Å². The monoisotopic (exact) mass is 257 g/mol. The van der Waals surface area contributed by atoms with E-state index in [4.69, 9.17) is 8.83 Å². The van der Waals surface area contributed by atoms with E-state index in [0.717, 1.165) is 12.8 Å². The summed E-state index contributed by atoms with van der Waals surface area (Å²) in [7, 11) is 0. The van der Waals surface area contributed by atoms with Crippen molar-refractivity contribution in [3.8, 4) is 0 Å². The molecule has 2 aromatic heterocycles. The van der Waals surface area contributed by atoms with Crippen molar-refractivity contribution in [3.63, 3.8) is 0 Å². The molecule has 0 radical (unpaired) electrons. The second kappa shape index (κ2) is 4.57. The molecule has 1 N–H and O–H groups in total. The molecule has 2 aliphatic carbocycles. The summed E-state index contributed by atoms with van der Waals surface area (Å²) in [6.07, 6.45) is 10.7. The maximum Gasteiger partial charge on any atom is 0.108 e. The van der Waals surface area contributed by atoms with Crippen LogP contribution in [0.4, 0.5) is 0 Å². The zero-order valence-corrected chi connectivity index (χ0v) is 11.0. The van der Waals surface area contributed by atoms with Crippen LogP contribution in [0.2, 0.25) is 0 Å². The molecule has 2 heterocycles. The Balaban J connectivity index is 1.58. The lowest BCUT2D eigenvalue weighted by atomic mass is 9.89. The Kier molecular flexibility index (Phi) is 2.73. The molecule has 0 saturated heterocycles. The second-order valence-electron chi connectivity index (χ2n) is 5.65. The number of hydrogen-bond acceptors (Lipinski definition) is 3. The van der Waals surface area contributed by atoms with Crippen LogP contribution in [0.5, 0.6) is 0 Å². The molecule has 0 spiro atoms. The number of rotatable bonds is 2. The van der Waals surface area contributed by atoms with E-state index < -0.39 is 0 Å². The van der Waals surface area contributed by atoms with E-state index in [-0.39, 0.29) is 0 Å². The van der Waals surface area contributed by atoms with Gasteiger partial charge in [0.05, 0.1) is 12.5 Å². The Morgan fingerprint density at radius 2 is 1.37 bits per heavy atom. The fourth-order valence-electron chi connectivity index (χ4n) is 3.56. The van der Waals surface area contributed by atoms with Crippen LogP contribution in [0.3, 0.4) is 0 Å². The van der Waals surface area contributed by atoms with Gasteiger partial charge in [-0.25, -0.2) is 0 Å². The third-order valence-electron chi connectivity index (χ3n) is 4.51. The van der Waals surface area contributed by atoms with E-state index in [0.29, 0.717) is 12.1 Å². The highest BCUT2D eigenvalue weighted by Crippen LogP contribution is 2.36. The molecule has 4 rings (SSSR count). The summed E-state index contributed by atoms with van der Waals surface area (Å²) >= 11 is 0. The molecule has 2 aliphatic rings. The van der Waals surface area contributed by atoms with Crippen molar-refractivity contribution < 1.29 is 8.83 Å². The molecule has 0 amide bonds. The summed E-state index contributed by atoms with van der Waals surface area (Å²) in [5.74, 6) is 2.35. The minimum atomic E-state index is 0.438. The van der Waals surface area contributed by atoms with Crippen molar-refractivity contribution in [1.29, 1.82) is 0 Å². The van der Waals surface area contributed by atoms with Gasteiger partial charge in [-0.2, -0.15) is 0 Å². The molecule has 19 heavy (non-hydrogen) atoms. The molecule has 0 fully saturated rings. The van der Waals surface area contributed by atoms with Crippen LogP contribution in [-0.2, 0) is 12.8 Å². The topological polar surface area (TPSA) is 38.3 Å². The zero-order valence-electron chi connectivity index (χ0n) is 11.0. The molecule has 0 aromatic carbocycles. The van der Waals surface area contributed by atoms with Crippen LogP contribution in [0.1, 0.15) is 60.4 Å². The summed E-state index contributed by atoms with van der Waals surface area (Å²) in [6.45, 7) is 0. The first-order valence-corrected chi connectivity index (χ1v) is 7.30. The first kappa shape index (κ1) is 11.4. The number of hydrogen-bond donors (Lipinski definition) is 1. The summed E-state index contributed by atoms with van der Waals surface area (Å²) in [6, 6.07) is 5.14. The number of nitrogens with one attached hydrogen (secondary N) is 1. The summed E-state index contributed by atoms with van der Waals surface area (Å²) < 4.78 is 11.1. The lowest BCUT2D eigenvalue weighted by Gasteiger charge is -2.30. The molecule has 0 saturated carbocycles. The highest BCUT2D eigenvalue weighted by Gasteiger charge is 2.28. The molecule has 2 aromatic rings. The van der Waals surface area contributed by atoms with Crippen molar-refractivity contribution in [2.45, 2.75) is 50.6 Å². The minimum Gasteiger partial charge on any atom is -0.469 e. The van der Waals surface area contributed by atoms with Gasteiger partial charge in [-0.05, 0) is 37.8 Å². The predicted octanol–water partition coefficient (Wildman–Crippen LogP) is 3.92. The van der Waals surface area contributed by atoms with Crippen molar-refractivity contribution in [1.82, 2.24) is 5.32 Å². The van der Waals surface area contributed by atoms with Gasteiger partial charge in [-0.1, -0.05) is 0 Å². The number of furan rings is 2. The highest BCUT2D eigenvalue weighted by molar-refractivity contribution is 5.28. The average molecular weight is 257 g/mol. The second-order valence-corrected chi connectivity index (χ2v) is 5.65. The maximum atomic E-state index is 5.57. The first-order valence-electron chi connectivity index (χ1n) is 7.30. The highest BCUT2D eigenvalue weighted by atomic mass is 16.3. The van der Waals surface area contributed by atoms with Crippen LogP contribution in [0.15, 0.2) is 33.5 Å². The molecule has 0 aliphatic heterocycles. The standard InChI is InChI=1S/C16H19NO2/c1-3-13(11-7-9-18-15(11)5-1)17-14-4-2-6-16-12(14)8-10-19-16/h7-10,13-14,17H,1-6H2. The Hall–Kier alpha value is -1.48. The summed E-state index contributed by atoms with van der Waals surface area (Å²) in [4.78, 5) is 0. The molecule has 0 bridgehead atoms. The fourth-order valence-corrected chi connectivity index (χ4v) is 3.56. The quantitative estimate of drug-likeness (QED) is 0.886. The van der Waals surface area contributed by atoms with E-state index in [9.17, 15) is 0 Å². The number of fused-ring (bicyclic) bond motifs is 2. The van der Waals surface area contributed by atoms with Crippen LogP contribution in [0.25, 0.3) is 0 Å². The van der Waals surface area contributed by atoms with E-state index in [1.165, 1.54) is 48.3 Å². The van der Waals surface area contributed by atoms with Gasteiger partial charge in [0, 0.05) is 36.1 Å². The van der Waals surface area contributed by atoms with Gasteiger partial charge in [0.1, 0.15) is 11.5 Å². The van der Waals surface area contributed by atoms with E-state index in [1.807, 2.05) is 12.5 Å². The lowest BCUT2D eigenvalue weighted by Crippen LogP contribution is -2.30. The zero-order chi connectivity index (χ0) is 12.7. The Morgan fingerprint density at radius 1 is 0.842 bits per heavy atom. The predicted molar refractivity (Wildman–Crippen MR) is 71.9 cm³/mol. The molecule has 3 heteroatoms. The van der Waals surface area contributed by atoms with Crippen LogP contribution in [0, 0.1) is 0 Å². The third kappa shape index (κ3) is 1.93. The molecule has 3 nitrogen and oxygen atoms in total. The lowest BCUT2D eigenvalue weighted by molar-refractivity contribution is 0.342. The van der Waals surface area contributed by atoms with Crippen LogP contribution >= 0.6 is 0 Å². The SMILES string of the molecule is c1cc2c(o1)CCCC2NC1CCCc2occc21. The van der Waals surface area contributed by atoms with Crippen molar-refractivity contribution in [2.24, 2.45) is 0 Å². The first-order chi connectivity index (χ1) is 9.42. The average Bonchev–Trinajstić information content (AvgIpc) is 3.08. The van der Waals surface area contributed by atoms with Gasteiger partial charge in [-0.15, -0.1) is 0 Å². The summed E-state index contributed by atoms with van der Waals surface area (Å²) in [5.41, 5.74) is 2.73. The van der Waals surface area contributed by atoms with Gasteiger partial charge >= 0.3 is 0 Å². The van der Waals surface area contributed by atoms with E-state index >= 15 is 0 Å². The van der Waals surface area contributed by atoms with Gasteiger partial charge < -0.3 is 14.2 Å². The Bertz CT molecular complexity index is 519. The Morgan fingerprint density at radius 3 is 1.89 bits per heavy atom. The van der Waals surface area contributed by atoms with Gasteiger partial charge in [0.25, 0.3) is 0 Å². The van der Waals surface area contributed by atoms with Crippen LogP contribution < -0.4 is 5.32 Å². The molecule has 2 unspecified atom stereocenters. The largest absolute Gasteiger partial charge is 0.469 e. The van der Waals surface area contributed by atoms with Gasteiger partial charge in [0.15, 0.2) is 0 Å². The molecule has 100 valence electrons. The third-order valence-corrected chi connectivity index (χ3v) is 4.51. The van der Waals surface area contributed by atoms with Gasteiger partial charge in [-0.3, -0.25) is 0 Å². The minimum absolute atomic E-state index is 0.438. The summed E-state index contributed by atoms with van der Waals surface area (Å²) in [5, 5.41) is 3.82. The van der Waals surface area contributed by atoms with Gasteiger partial charge in [0.2, 0.25) is 0 Å². The van der Waals surface area contributed by atoms with Crippen molar-refractivity contribution in [3.05, 3.63) is 47.3 Å². The molecular formula is C16H19NO2. The molecular weight excluding hydrogens is 238 g/mol. The normalized spacial score (nSPS) is 25.9. The van der Waals surface area contributed by atoms with Crippen LogP contribution in [-0.4, -0.2) is 0 Å². The van der Waals surface area contributed by atoms with Crippen molar-refractivity contribution >= 4 is 0 Å². The van der Waals surface area contributed by atoms with E-state index in [2.05, 4.69) is 17.4 Å². The smallest absolute Gasteiger partial charge is 0.108 e. The molecule has 2 atom stereocenters. The fraction of sp³-hybridized carbons (Fsp3) is 0.500.